The molecule has 2 atom stereocenters. The molecule has 1 aromatic carbocycles. The number of hydrogen-bond acceptors (Lipinski definition) is 3. The SMILES string of the molecule is CCN1C[C@@H](c2ccc(N)cc2)OC[C@@H]1C. The highest BCUT2D eigenvalue weighted by molar-refractivity contribution is 5.40. The molecule has 3 heteroatoms. The summed E-state index contributed by atoms with van der Waals surface area (Å²) in [6, 6.07) is 8.52. The summed E-state index contributed by atoms with van der Waals surface area (Å²) in [6.45, 7) is 7.27. The Morgan fingerprint density at radius 1 is 1.38 bits per heavy atom. The van der Waals surface area contributed by atoms with E-state index in [-0.39, 0.29) is 6.10 Å². The highest BCUT2D eigenvalue weighted by Crippen LogP contribution is 2.25. The Labute approximate surface area is 97.2 Å². The number of rotatable bonds is 2. The number of hydrogen-bond donors (Lipinski definition) is 1. The maximum Gasteiger partial charge on any atom is 0.0952 e. The molecule has 1 heterocycles. The van der Waals surface area contributed by atoms with Gasteiger partial charge in [-0.1, -0.05) is 19.1 Å². The summed E-state index contributed by atoms with van der Waals surface area (Å²) in [4.78, 5) is 2.45. The van der Waals surface area contributed by atoms with Crippen LogP contribution in [0, 0.1) is 0 Å². The molecule has 0 radical (unpaired) electrons. The largest absolute Gasteiger partial charge is 0.399 e. The Bertz CT molecular complexity index is 336. The molecule has 1 aromatic rings. The summed E-state index contributed by atoms with van der Waals surface area (Å²) in [5.74, 6) is 0. The van der Waals surface area contributed by atoms with Crippen LogP contribution in [0.5, 0.6) is 0 Å². The summed E-state index contributed by atoms with van der Waals surface area (Å²) in [5, 5.41) is 0. The van der Waals surface area contributed by atoms with Crippen molar-refractivity contribution in [2.45, 2.75) is 26.0 Å². The van der Waals surface area contributed by atoms with E-state index in [1.54, 1.807) is 0 Å². The summed E-state index contributed by atoms with van der Waals surface area (Å²) >= 11 is 0. The van der Waals surface area contributed by atoms with Crippen LogP contribution in [0.2, 0.25) is 0 Å². The Kier molecular flexibility index (Phi) is 3.46. The number of nitrogens with two attached hydrogens (primary N) is 1. The Hall–Kier alpha value is -1.06. The molecular weight excluding hydrogens is 200 g/mol. The zero-order chi connectivity index (χ0) is 11.5. The Morgan fingerprint density at radius 3 is 2.69 bits per heavy atom. The van der Waals surface area contributed by atoms with Gasteiger partial charge in [0.25, 0.3) is 0 Å². The zero-order valence-corrected chi connectivity index (χ0v) is 10.0. The highest BCUT2D eigenvalue weighted by Gasteiger charge is 2.25. The second kappa shape index (κ2) is 4.85. The van der Waals surface area contributed by atoms with E-state index in [9.17, 15) is 0 Å². The molecule has 88 valence electrons. The van der Waals surface area contributed by atoms with Gasteiger partial charge in [-0.15, -0.1) is 0 Å². The van der Waals surface area contributed by atoms with Crippen molar-refractivity contribution in [2.75, 3.05) is 25.4 Å². The van der Waals surface area contributed by atoms with Gasteiger partial charge in [-0.2, -0.15) is 0 Å². The molecule has 16 heavy (non-hydrogen) atoms. The molecule has 0 bridgehead atoms. The average Bonchev–Trinajstić information content (AvgIpc) is 2.31. The van der Waals surface area contributed by atoms with Gasteiger partial charge in [-0.25, -0.2) is 0 Å². The lowest BCUT2D eigenvalue weighted by Crippen LogP contribution is -2.44. The van der Waals surface area contributed by atoms with Crippen LogP contribution in [0.1, 0.15) is 25.5 Å². The fraction of sp³-hybridized carbons (Fsp3) is 0.538. The number of morpholine rings is 1. The second-order valence-corrected chi connectivity index (χ2v) is 4.43. The van der Waals surface area contributed by atoms with Crippen LogP contribution in [-0.4, -0.2) is 30.6 Å². The Balaban J connectivity index is 2.08. The van der Waals surface area contributed by atoms with E-state index in [2.05, 4.69) is 30.9 Å². The van der Waals surface area contributed by atoms with Crippen LogP contribution in [0.3, 0.4) is 0 Å². The summed E-state index contributed by atoms with van der Waals surface area (Å²) < 4.78 is 5.87. The van der Waals surface area contributed by atoms with Crippen LogP contribution in [-0.2, 0) is 4.74 Å². The molecule has 1 saturated heterocycles. The van der Waals surface area contributed by atoms with Gasteiger partial charge in [0.05, 0.1) is 12.7 Å². The standard InChI is InChI=1S/C13H20N2O/c1-3-15-8-13(16-9-10(15)2)11-4-6-12(14)7-5-11/h4-7,10,13H,3,8-9,14H2,1-2H3/t10-,13-/m0/s1. The smallest absolute Gasteiger partial charge is 0.0952 e. The van der Waals surface area contributed by atoms with Crippen LogP contribution >= 0.6 is 0 Å². The topological polar surface area (TPSA) is 38.5 Å². The normalized spacial score (nSPS) is 26.9. The van der Waals surface area contributed by atoms with Crippen molar-refractivity contribution in [2.24, 2.45) is 0 Å². The van der Waals surface area contributed by atoms with Crippen molar-refractivity contribution >= 4 is 5.69 Å². The molecule has 1 aliphatic heterocycles. The predicted octanol–water partition coefficient (Wildman–Crippen LogP) is 2.05. The average molecular weight is 220 g/mol. The first-order valence-corrected chi connectivity index (χ1v) is 5.91. The number of nitrogen functional groups attached to an aromatic ring is 1. The second-order valence-electron chi connectivity index (χ2n) is 4.43. The number of nitrogens with zero attached hydrogens (tertiary/aromatic N) is 1. The lowest BCUT2D eigenvalue weighted by atomic mass is 10.1. The van der Waals surface area contributed by atoms with Crippen molar-refractivity contribution in [1.29, 1.82) is 0 Å². The highest BCUT2D eigenvalue weighted by atomic mass is 16.5. The van der Waals surface area contributed by atoms with Crippen LogP contribution < -0.4 is 5.73 Å². The molecule has 1 fully saturated rings. The lowest BCUT2D eigenvalue weighted by Gasteiger charge is -2.37. The first-order valence-electron chi connectivity index (χ1n) is 5.91. The summed E-state index contributed by atoms with van der Waals surface area (Å²) in [5.41, 5.74) is 7.71. The van der Waals surface area contributed by atoms with E-state index in [1.807, 2.05) is 12.1 Å². The fourth-order valence-electron chi connectivity index (χ4n) is 2.16. The molecule has 2 N–H and O–H groups in total. The third-order valence-electron chi connectivity index (χ3n) is 3.28. The third kappa shape index (κ3) is 2.36. The van der Waals surface area contributed by atoms with Crippen LogP contribution in [0.25, 0.3) is 0 Å². The minimum absolute atomic E-state index is 0.191. The molecule has 0 saturated carbocycles. The zero-order valence-electron chi connectivity index (χ0n) is 10.0. The lowest BCUT2D eigenvalue weighted by molar-refractivity contribution is -0.0580. The number of ether oxygens (including phenoxy) is 1. The minimum Gasteiger partial charge on any atom is -0.399 e. The molecular formula is C13H20N2O. The van der Waals surface area contributed by atoms with Gasteiger partial charge in [0.2, 0.25) is 0 Å². The van der Waals surface area contributed by atoms with Crippen molar-refractivity contribution in [3.63, 3.8) is 0 Å². The van der Waals surface area contributed by atoms with Gasteiger partial charge >= 0.3 is 0 Å². The third-order valence-corrected chi connectivity index (χ3v) is 3.28. The molecule has 1 aliphatic rings. The molecule has 0 unspecified atom stereocenters. The van der Waals surface area contributed by atoms with E-state index >= 15 is 0 Å². The first-order chi connectivity index (χ1) is 7.70. The van der Waals surface area contributed by atoms with E-state index in [1.165, 1.54) is 5.56 Å². The van der Waals surface area contributed by atoms with Crippen molar-refractivity contribution < 1.29 is 4.74 Å². The van der Waals surface area contributed by atoms with Crippen molar-refractivity contribution in [1.82, 2.24) is 4.90 Å². The fourth-order valence-corrected chi connectivity index (χ4v) is 2.16. The molecule has 0 aliphatic carbocycles. The van der Waals surface area contributed by atoms with E-state index in [0.717, 1.165) is 25.4 Å². The molecule has 0 aromatic heterocycles. The maximum absolute atomic E-state index is 5.87. The maximum atomic E-state index is 5.87. The molecule has 0 spiro atoms. The molecule has 0 amide bonds. The van der Waals surface area contributed by atoms with Crippen molar-refractivity contribution in [3.05, 3.63) is 29.8 Å². The van der Waals surface area contributed by atoms with Crippen LogP contribution in [0.15, 0.2) is 24.3 Å². The van der Waals surface area contributed by atoms with E-state index in [0.29, 0.717) is 6.04 Å². The monoisotopic (exact) mass is 220 g/mol. The quantitative estimate of drug-likeness (QED) is 0.775. The van der Waals surface area contributed by atoms with Gasteiger partial charge in [0.1, 0.15) is 0 Å². The minimum atomic E-state index is 0.191. The van der Waals surface area contributed by atoms with E-state index < -0.39 is 0 Å². The van der Waals surface area contributed by atoms with Crippen LogP contribution in [0.4, 0.5) is 5.69 Å². The summed E-state index contributed by atoms with van der Waals surface area (Å²) in [6.07, 6.45) is 0.191. The van der Waals surface area contributed by atoms with Gasteiger partial charge in [0, 0.05) is 18.3 Å². The first kappa shape index (κ1) is 11.4. The van der Waals surface area contributed by atoms with Gasteiger partial charge < -0.3 is 10.5 Å². The summed E-state index contributed by atoms with van der Waals surface area (Å²) in [7, 11) is 0. The molecule has 2 rings (SSSR count). The van der Waals surface area contributed by atoms with E-state index in [4.69, 9.17) is 10.5 Å². The van der Waals surface area contributed by atoms with Gasteiger partial charge in [-0.05, 0) is 31.2 Å². The number of likely N-dealkylation sites (N-methyl/N-ethyl adjacent to an activating group) is 1. The number of benzene rings is 1. The van der Waals surface area contributed by atoms with Gasteiger partial charge in [-0.3, -0.25) is 4.90 Å². The Morgan fingerprint density at radius 2 is 2.06 bits per heavy atom. The number of anilines is 1. The molecule has 3 nitrogen and oxygen atoms in total. The van der Waals surface area contributed by atoms with Crippen molar-refractivity contribution in [3.8, 4) is 0 Å². The van der Waals surface area contributed by atoms with Gasteiger partial charge in [0.15, 0.2) is 0 Å². The predicted molar refractivity (Wildman–Crippen MR) is 66.3 cm³/mol.